The summed E-state index contributed by atoms with van der Waals surface area (Å²) in [5.74, 6) is -0.607. The lowest BCUT2D eigenvalue weighted by molar-refractivity contribution is 0.0430. The molecule has 1 unspecified atom stereocenters. The zero-order valence-corrected chi connectivity index (χ0v) is 21.5. The van der Waals surface area contributed by atoms with Crippen LogP contribution in [0.3, 0.4) is 0 Å². The van der Waals surface area contributed by atoms with E-state index in [0.29, 0.717) is 33.4 Å². The fourth-order valence-electron chi connectivity index (χ4n) is 4.29. The number of aromatic nitrogens is 2. The van der Waals surface area contributed by atoms with Crippen LogP contribution < -0.4 is 10.6 Å². The molecule has 1 aliphatic rings. The highest BCUT2D eigenvalue weighted by atomic mass is 35.5. The highest BCUT2D eigenvalue weighted by molar-refractivity contribution is 6.31. The number of nitrogens with one attached hydrogen (secondary N) is 2. The maximum atomic E-state index is 13.7. The third-order valence-corrected chi connectivity index (χ3v) is 6.67. The third-order valence-electron chi connectivity index (χ3n) is 6.21. The molecule has 8 nitrogen and oxygen atoms in total. The molecule has 2 aromatic carbocycles. The van der Waals surface area contributed by atoms with Crippen molar-refractivity contribution in [2.45, 2.75) is 25.2 Å². The van der Waals surface area contributed by atoms with Crippen LogP contribution in [0.25, 0.3) is 0 Å². The largest absolute Gasteiger partial charge is 0.372 e. The van der Waals surface area contributed by atoms with Crippen molar-refractivity contribution in [3.05, 3.63) is 118 Å². The molecular weight excluding hydrogens is 525 g/mol. The first-order valence-electron chi connectivity index (χ1n) is 11.8. The van der Waals surface area contributed by atoms with E-state index >= 15 is 0 Å². The van der Waals surface area contributed by atoms with Gasteiger partial charge < -0.3 is 20.6 Å². The summed E-state index contributed by atoms with van der Waals surface area (Å²) < 4.78 is 0. The number of nitrogens with zero attached hydrogens (tertiary/aromatic N) is 3. The Labute approximate surface area is 229 Å². The van der Waals surface area contributed by atoms with Gasteiger partial charge in [0.2, 0.25) is 0 Å². The van der Waals surface area contributed by atoms with E-state index in [4.69, 9.17) is 23.2 Å². The van der Waals surface area contributed by atoms with E-state index < -0.39 is 12.3 Å². The normalized spacial score (nSPS) is 16.8. The molecule has 0 saturated carbocycles. The van der Waals surface area contributed by atoms with Crippen molar-refractivity contribution >= 4 is 46.4 Å². The van der Waals surface area contributed by atoms with Crippen LogP contribution in [0.1, 0.15) is 32.1 Å². The van der Waals surface area contributed by atoms with Gasteiger partial charge in [0.05, 0.1) is 22.3 Å². The van der Waals surface area contributed by atoms with Crippen molar-refractivity contribution in [2.75, 3.05) is 10.6 Å². The molecule has 10 heteroatoms. The zero-order valence-electron chi connectivity index (χ0n) is 20.0. The lowest BCUT2D eigenvalue weighted by atomic mass is 10.0. The van der Waals surface area contributed by atoms with Crippen LogP contribution in [0, 0.1) is 0 Å². The molecule has 1 aliphatic heterocycles. The van der Waals surface area contributed by atoms with Gasteiger partial charge in [-0.1, -0.05) is 41.4 Å². The molecule has 0 bridgehead atoms. The summed E-state index contributed by atoms with van der Waals surface area (Å²) in [6.45, 7) is 0.226. The molecule has 5 rings (SSSR count). The second-order valence-electron chi connectivity index (χ2n) is 8.82. The van der Waals surface area contributed by atoms with Crippen LogP contribution in [0.5, 0.6) is 0 Å². The molecule has 2 aromatic heterocycles. The standard InChI is InChI=1S/C28H23Cl2N5O3/c29-18-6-10-22-24(13-18)34-27(37)25(14-21-3-1-2-12-31-21)35(28(22)38)16-17-4-8-20(9-5-17)33-26(36)23-11-7-19(30)15-32-23/h1-13,15,25,27,34,37H,14,16H2,(H,33,36)/t25-,27?/m1/s1. The topological polar surface area (TPSA) is 107 Å². The van der Waals surface area contributed by atoms with Crippen LogP contribution in [-0.2, 0) is 13.0 Å². The van der Waals surface area contributed by atoms with E-state index in [1.807, 2.05) is 30.3 Å². The summed E-state index contributed by atoms with van der Waals surface area (Å²) in [6.07, 6.45) is 2.37. The average Bonchev–Trinajstić information content (AvgIpc) is 3.00. The van der Waals surface area contributed by atoms with Crippen molar-refractivity contribution in [1.29, 1.82) is 0 Å². The van der Waals surface area contributed by atoms with Gasteiger partial charge in [-0.05, 0) is 60.2 Å². The number of amides is 2. The molecule has 0 fully saturated rings. The fraction of sp³-hybridized carbons (Fsp3) is 0.143. The lowest BCUT2D eigenvalue weighted by Crippen LogP contribution is -2.48. The molecule has 0 saturated heterocycles. The number of benzene rings is 2. The van der Waals surface area contributed by atoms with Crippen LogP contribution in [0.2, 0.25) is 10.0 Å². The van der Waals surface area contributed by atoms with E-state index in [1.165, 1.54) is 6.20 Å². The summed E-state index contributed by atoms with van der Waals surface area (Å²) in [6, 6.07) is 20.2. The molecule has 3 N–H and O–H groups in total. The quantitative estimate of drug-likeness (QED) is 0.312. The predicted octanol–water partition coefficient (Wildman–Crippen LogP) is 5.03. The van der Waals surface area contributed by atoms with Crippen molar-refractivity contribution < 1.29 is 14.7 Å². The SMILES string of the molecule is O=C(Nc1ccc(CN2C(=O)c3ccc(Cl)cc3NC(O)[C@H]2Cc2ccccn2)cc1)c1ccc(Cl)cn1. The minimum Gasteiger partial charge on any atom is -0.372 e. The van der Waals surface area contributed by atoms with Crippen molar-refractivity contribution in [3.8, 4) is 0 Å². The van der Waals surface area contributed by atoms with E-state index in [9.17, 15) is 14.7 Å². The van der Waals surface area contributed by atoms with E-state index in [0.717, 1.165) is 11.3 Å². The highest BCUT2D eigenvalue weighted by Crippen LogP contribution is 2.30. The van der Waals surface area contributed by atoms with E-state index in [1.54, 1.807) is 53.6 Å². The molecule has 4 aromatic rings. The van der Waals surface area contributed by atoms with Gasteiger partial charge in [-0.2, -0.15) is 0 Å². The number of anilines is 2. The minimum absolute atomic E-state index is 0.226. The molecular formula is C28H23Cl2N5O3. The Morgan fingerprint density at radius 1 is 1.00 bits per heavy atom. The number of aliphatic hydroxyl groups excluding tert-OH is 1. The Morgan fingerprint density at radius 2 is 1.79 bits per heavy atom. The van der Waals surface area contributed by atoms with E-state index in [-0.39, 0.29) is 24.1 Å². The summed E-state index contributed by atoms with van der Waals surface area (Å²) in [4.78, 5) is 36.3. The van der Waals surface area contributed by atoms with Crippen LogP contribution in [0.4, 0.5) is 11.4 Å². The van der Waals surface area contributed by atoms with Gasteiger partial charge in [-0.25, -0.2) is 4.98 Å². The van der Waals surface area contributed by atoms with Gasteiger partial charge in [0.15, 0.2) is 0 Å². The maximum Gasteiger partial charge on any atom is 0.274 e. The molecule has 0 radical (unpaired) electrons. The van der Waals surface area contributed by atoms with Gasteiger partial charge >= 0.3 is 0 Å². The summed E-state index contributed by atoms with van der Waals surface area (Å²) in [5.41, 5.74) is 3.26. The Bertz CT molecular complexity index is 1450. The second kappa shape index (κ2) is 11.2. The molecule has 0 aliphatic carbocycles. The van der Waals surface area contributed by atoms with Crippen molar-refractivity contribution in [3.63, 3.8) is 0 Å². The number of halogens is 2. The summed E-state index contributed by atoms with van der Waals surface area (Å²) >= 11 is 12.0. The van der Waals surface area contributed by atoms with Gasteiger partial charge in [0, 0.05) is 41.8 Å². The zero-order chi connectivity index (χ0) is 26.6. The van der Waals surface area contributed by atoms with Crippen LogP contribution in [0.15, 0.2) is 85.2 Å². The minimum atomic E-state index is -1.06. The molecule has 38 heavy (non-hydrogen) atoms. The predicted molar refractivity (Wildman–Crippen MR) is 146 cm³/mol. The molecule has 0 spiro atoms. The van der Waals surface area contributed by atoms with Crippen LogP contribution >= 0.6 is 23.2 Å². The first-order chi connectivity index (χ1) is 18.4. The number of fused-ring (bicyclic) bond motifs is 1. The number of rotatable bonds is 6. The van der Waals surface area contributed by atoms with Crippen LogP contribution in [-0.4, -0.2) is 44.1 Å². The third kappa shape index (κ3) is 5.78. The molecule has 2 atom stereocenters. The maximum absolute atomic E-state index is 13.7. The summed E-state index contributed by atoms with van der Waals surface area (Å²) in [7, 11) is 0. The Kier molecular flexibility index (Phi) is 7.55. The first kappa shape index (κ1) is 25.7. The first-order valence-corrected chi connectivity index (χ1v) is 12.6. The second-order valence-corrected chi connectivity index (χ2v) is 9.69. The average molecular weight is 548 g/mol. The monoisotopic (exact) mass is 547 g/mol. The summed E-state index contributed by atoms with van der Waals surface area (Å²) in [5, 5.41) is 17.9. The van der Waals surface area contributed by atoms with Crippen molar-refractivity contribution in [1.82, 2.24) is 14.9 Å². The number of hydrogen-bond donors (Lipinski definition) is 3. The van der Waals surface area contributed by atoms with Gasteiger partial charge in [0.25, 0.3) is 11.8 Å². The van der Waals surface area contributed by atoms with Gasteiger partial charge in [-0.15, -0.1) is 0 Å². The highest BCUT2D eigenvalue weighted by Gasteiger charge is 2.35. The number of carbonyl (C=O) groups is 2. The Morgan fingerprint density at radius 3 is 2.50 bits per heavy atom. The number of carbonyl (C=O) groups excluding carboxylic acids is 2. The Hall–Kier alpha value is -3.98. The lowest BCUT2D eigenvalue weighted by Gasteiger charge is -2.33. The van der Waals surface area contributed by atoms with Gasteiger partial charge in [0.1, 0.15) is 11.9 Å². The molecule has 192 valence electrons. The fourth-order valence-corrected chi connectivity index (χ4v) is 4.58. The molecule has 2 amide bonds. The Balaban J connectivity index is 1.39. The number of aliphatic hydroxyl groups is 1. The number of hydrogen-bond acceptors (Lipinski definition) is 6. The van der Waals surface area contributed by atoms with Crippen molar-refractivity contribution in [2.24, 2.45) is 0 Å². The van der Waals surface area contributed by atoms with Gasteiger partial charge in [-0.3, -0.25) is 14.6 Å². The molecule has 3 heterocycles. The smallest absolute Gasteiger partial charge is 0.274 e. The number of pyridine rings is 2. The van der Waals surface area contributed by atoms with E-state index in [2.05, 4.69) is 20.6 Å².